The average molecular weight is 248 g/mol. The molecule has 1 unspecified atom stereocenters. The van der Waals surface area contributed by atoms with Crippen molar-refractivity contribution in [2.24, 2.45) is 5.73 Å². The van der Waals surface area contributed by atoms with Gasteiger partial charge in [-0.25, -0.2) is 4.39 Å². The summed E-state index contributed by atoms with van der Waals surface area (Å²) in [6, 6.07) is 8.30. The van der Waals surface area contributed by atoms with Crippen molar-refractivity contribution in [3.05, 3.63) is 35.4 Å². The fourth-order valence-electron chi connectivity index (χ4n) is 3.37. The molecule has 1 atom stereocenters. The van der Waals surface area contributed by atoms with Gasteiger partial charge in [0.05, 0.1) is 6.04 Å². The average Bonchev–Trinajstić information content (AvgIpc) is 2.42. The molecule has 1 aromatic carbocycles. The zero-order valence-corrected chi connectivity index (χ0v) is 10.7. The van der Waals surface area contributed by atoms with Crippen LogP contribution >= 0.6 is 0 Å². The van der Waals surface area contributed by atoms with E-state index in [4.69, 9.17) is 5.73 Å². The van der Waals surface area contributed by atoms with Crippen LogP contribution in [0.3, 0.4) is 0 Å². The van der Waals surface area contributed by atoms with E-state index >= 15 is 4.39 Å². The van der Waals surface area contributed by atoms with E-state index < -0.39 is 5.67 Å². The highest BCUT2D eigenvalue weighted by Crippen LogP contribution is 2.43. The quantitative estimate of drug-likeness (QED) is 0.801. The zero-order valence-electron chi connectivity index (χ0n) is 10.7. The predicted molar refractivity (Wildman–Crippen MR) is 71.2 cm³/mol. The lowest BCUT2D eigenvalue weighted by Crippen LogP contribution is -2.47. The van der Waals surface area contributed by atoms with E-state index in [0.29, 0.717) is 12.8 Å². The molecule has 0 aromatic heterocycles. The molecule has 0 saturated heterocycles. The molecule has 1 saturated carbocycles. The zero-order chi connectivity index (χ0) is 12.6. The van der Waals surface area contributed by atoms with Crippen LogP contribution in [-0.2, 0) is 6.42 Å². The van der Waals surface area contributed by atoms with Crippen molar-refractivity contribution >= 4 is 0 Å². The van der Waals surface area contributed by atoms with E-state index in [1.807, 2.05) is 12.1 Å². The molecule has 1 fully saturated rings. The van der Waals surface area contributed by atoms with Gasteiger partial charge in [0.15, 0.2) is 0 Å². The summed E-state index contributed by atoms with van der Waals surface area (Å²) < 4.78 is 15.2. The van der Waals surface area contributed by atoms with E-state index in [1.54, 1.807) is 0 Å². The molecular formula is C15H21FN2. The minimum absolute atomic E-state index is 0.144. The SMILES string of the molecule is NC1CCC(F)(C2NCCc3ccccc32)CC1. The van der Waals surface area contributed by atoms with Gasteiger partial charge in [-0.3, -0.25) is 0 Å². The van der Waals surface area contributed by atoms with Crippen molar-refractivity contribution in [1.29, 1.82) is 0 Å². The Hall–Kier alpha value is -0.930. The number of nitrogens with two attached hydrogens (primary N) is 1. The van der Waals surface area contributed by atoms with Crippen LogP contribution in [0, 0.1) is 0 Å². The Balaban J connectivity index is 1.89. The first-order chi connectivity index (χ1) is 8.69. The van der Waals surface area contributed by atoms with Crippen molar-refractivity contribution in [3.63, 3.8) is 0 Å². The number of hydrogen-bond donors (Lipinski definition) is 2. The molecule has 18 heavy (non-hydrogen) atoms. The lowest BCUT2D eigenvalue weighted by molar-refractivity contribution is 0.0508. The third kappa shape index (κ3) is 2.06. The van der Waals surface area contributed by atoms with Gasteiger partial charge in [0, 0.05) is 6.04 Å². The second-order valence-electron chi connectivity index (χ2n) is 5.71. The maximum Gasteiger partial charge on any atom is 0.130 e. The van der Waals surface area contributed by atoms with Gasteiger partial charge in [-0.15, -0.1) is 0 Å². The summed E-state index contributed by atoms with van der Waals surface area (Å²) in [6.07, 6.45) is 3.77. The minimum Gasteiger partial charge on any atom is -0.328 e. The number of nitrogens with one attached hydrogen (secondary N) is 1. The van der Waals surface area contributed by atoms with Crippen LogP contribution in [0.1, 0.15) is 42.9 Å². The first-order valence-corrected chi connectivity index (χ1v) is 6.95. The van der Waals surface area contributed by atoms with Gasteiger partial charge in [-0.05, 0) is 49.8 Å². The summed E-state index contributed by atoms with van der Waals surface area (Å²) in [7, 11) is 0. The van der Waals surface area contributed by atoms with Gasteiger partial charge in [0.2, 0.25) is 0 Å². The Labute approximate surface area is 108 Å². The molecule has 1 aliphatic heterocycles. The minimum atomic E-state index is -1.12. The lowest BCUT2D eigenvalue weighted by atomic mass is 9.74. The van der Waals surface area contributed by atoms with E-state index in [1.165, 1.54) is 5.56 Å². The topological polar surface area (TPSA) is 38.0 Å². The third-order valence-electron chi connectivity index (χ3n) is 4.49. The molecule has 0 radical (unpaired) electrons. The van der Waals surface area contributed by atoms with E-state index in [9.17, 15) is 0 Å². The number of hydrogen-bond acceptors (Lipinski definition) is 2. The van der Waals surface area contributed by atoms with E-state index in [0.717, 1.165) is 31.4 Å². The van der Waals surface area contributed by atoms with Crippen molar-refractivity contribution in [2.75, 3.05) is 6.54 Å². The summed E-state index contributed by atoms with van der Waals surface area (Å²) in [5.41, 5.74) is 7.23. The van der Waals surface area contributed by atoms with Crippen molar-refractivity contribution in [3.8, 4) is 0 Å². The number of rotatable bonds is 1. The maximum absolute atomic E-state index is 15.2. The standard InChI is InChI=1S/C15H21FN2/c16-15(8-5-12(17)6-9-15)14-13-4-2-1-3-11(13)7-10-18-14/h1-4,12,14,18H,5-10,17H2. The van der Waals surface area contributed by atoms with Gasteiger partial charge in [0.25, 0.3) is 0 Å². The normalized spacial score (nSPS) is 36.1. The van der Waals surface area contributed by atoms with Gasteiger partial charge in [-0.1, -0.05) is 24.3 Å². The highest BCUT2D eigenvalue weighted by Gasteiger charge is 2.43. The number of benzene rings is 1. The van der Waals surface area contributed by atoms with Gasteiger partial charge >= 0.3 is 0 Å². The van der Waals surface area contributed by atoms with Crippen molar-refractivity contribution in [1.82, 2.24) is 5.32 Å². The summed E-state index contributed by atoms with van der Waals surface area (Å²) >= 11 is 0. The molecule has 1 heterocycles. The molecule has 0 spiro atoms. The Kier molecular flexibility index (Phi) is 3.12. The molecule has 3 rings (SSSR count). The fraction of sp³-hybridized carbons (Fsp3) is 0.600. The molecule has 98 valence electrons. The van der Waals surface area contributed by atoms with Gasteiger partial charge in [-0.2, -0.15) is 0 Å². The molecule has 1 aliphatic carbocycles. The molecular weight excluding hydrogens is 227 g/mol. The Morgan fingerprint density at radius 1 is 1.22 bits per heavy atom. The molecule has 1 aromatic rings. The first-order valence-electron chi connectivity index (χ1n) is 6.95. The number of halogens is 1. The van der Waals surface area contributed by atoms with Crippen LogP contribution in [0.15, 0.2) is 24.3 Å². The second kappa shape index (κ2) is 4.63. The fourth-order valence-corrected chi connectivity index (χ4v) is 3.37. The van der Waals surface area contributed by atoms with Crippen LogP contribution in [0.5, 0.6) is 0 Å². The number of fused-ring (bicyclic) bond motifs is 1. The Morgan fingerprint density at radius 3 is 2.72 bits per heavy atom. The summed E-state index contributed by atoms with van der Waals surface area (Å²) in [6.45, 7) is 0.874. The molecule has 0 bridgehead atoms. The van der Waals surface area contributed by atoms with Crippen LogP contribution in [0.2, 0.25) is 0 Å². The van der Waals surface area contributed by atoms with Crippen LogP contribution in [-0.4, -0.2) is 18.3 Å². The number of alkyl halides is 1. The molecule has 3 heteroatoms. The monoisotopic (exact) mass is 248 g/mol. The van der Waals surface area contributed by atoms with E-state index in [-0.39, 0.29) is 12.1 Å². The summed E-state index contributed by atoms with van der Waals surface area (Å²) in [5.74, 6) is 0. The van der Waals surface area contributed by atoms with E-state index in [2.05, 4.69) is 17.4 Å². The van der Waals surface area contributed by atoms with Gasteiger partial charge < -0.3 is 11.1 Å². The van der Waals surface area contributed by atoms with Crippen LogP contribution < -0.4 is 11.1 Å². The summed E-state index contributed by atoms with van der Waals surface area (Å²) in [4.78, 5) is 0. The Morgan fingerprint density at radius 2 is 1.94 bits per heavy atom. The molecule has 2 nitrogen and oxygen atoms in total. The van der Waals surface area contributed by atoms with Crippen LogP contribution in [0.4, 0.5) is 4.39 Å². The third-order valence-corrected chi connectivity index (χ3v) is 4.49. The van der Waals surface area contributed by atoms with Crippen LogP contribution in [0.25, 0.3) is 0 Å². The Bertz CT molecular complexity index is 424. The van der Waals surface area contributed by atoms with Crippen molar-refractivity contribution in [2.45, 2.75) is 49.9 Å². The molecule has 0 amide bonds. The van der Waals surface area contributed by atoms with Gasteiger partial charge in [0.1, 0.15) is 5.67 Å². The maximum atomic E-state index is 15.2. The lowest BCUT2D eigenvalue weighted by Gasteiger charge is -2.41. The smallest absolute Gasteiger partial charge is 0.130 e. The highest BCUT2D eigenvalue weighted by atomic mass is 19.1. The predicted octanol–water partition coefficient (Wildman–Crippen LogP) is 2.48. The first kappa shape index (κ1) is 12.1. The van der Waals surface area contributed by atoms with Crippen molar-refractivity contribution < 1.29 is 4.39 Å². The largest absolute Gasteiger partial charge is 0.328 e. The second-order valence-corrected chi connectivity index (χ2v) is 5.71. The highest BCUT2D eigenvalue weighted by molar-refractivity contribution is 5.34. The summed E-state index contributed by atoms with van der Waals surface area (Å²) in [5, 5.41) is 3.38. The molecule has 3 N–H and O–H groups in total. The molecule has 2 aliphatic rings.